The molecule has 2 heterocycles. The monoisotopic (exact) mass is 479 g/mol. The number of para-hydroxylation sites is 2. The van der Waals surface area contributed by atoms with Crippen LogP contribution in [0.15, 0.2) is 48.5 Å². The first-order valence-corrected chi connectivity index (χ1v) is 11.8. The molecule has 2 atom stereocenters. The Balaban J connectivity index is 1.43. The van der Waals surface area contributed by atoms with Crippen molar-refractivity contribution in [1.82, 2.24) is 25.5 Å². The molecule has 0 bridgehead atoms. The summed E-state index contributed by atoms with van der Waals surface area (Å²) in [5.74, 6) is 1.45. The number of carbonyl (C=O) groups is 2. The number of rotatable bonds is 6. The Morgan fingerprint density at radius 3 is 2.60 bits per heavy atom. The summed E-state index contributed by atoms with van der Waals surface area (Å²) in [6.45, 7) is 6.47. The number of aromatic nitrogens is 2. The lowest BCUT2D eigenvalue weighted by atomic mass is 10.1. The molecule has 3 N–H and O–H groups in total. The highest BCUT2D eigenvalue weighted by atomic mass is 16.6. The molecule has 35 heavy (non-hydrogen) atoms. The number of nitrogens with zero attached hydrogens (tertiary/aromatic N) is 2. The molecular weight excluding hydrogens is 446 g/mol. The molecule has 1 aliphatic heterocycles. The molecule has 3 aromatic rings. The highest BCUT2D eigenvalue weighted by Gasteiger charge is 2.31. The Kier molecular flexibility index (Phi) is 7.14. The van der Waals surface area contributed by atoms with E-state index in [1.807, 2.05) is 69.3 Å². The molecule has 0 saturated carbocycles. The summed E-state index contributed by atoms with van der Waals surface area (Å²) in [6, 6.07) is 14.7. The van der Waals surface area contributed by atoms with Gasteiger partial charge in [-0.25, -0.2) is 14.6 Å². The lowest BCUT2D eigenvalue weighted by Gasteiger charge is -2.24. The number of fused-ring (bicyclic) bond motifs is 1. The van der Waals surface area contributed by atoms with Gasteiger partial charge in [-0.05, 0) is 63.4 Å². The fourth-order valence-corrected chi connectivity index (χ4v) is 4.11. The maximum Gasteiger partial charge on any atom is 0.410 e. The van der Waals surface area contributed by atoms with Crippen molar-refractivity contribution in [1.29, 1.82) is 0 Å². The van der Waals surface area contributed by atoms with Gasteiger partial charge in [0, 0.05) is 19.1 Å². The number of imidazole rings is 1. The standard InChI is InChI=1S/C26H33N5O4/c1-26(2,3)35-25(33)31-14-13-18(16-31)27-24(32)30-22(15-17-9-11-19(34-4)12-10-17)23-28-20-7-5-6-8-21(20)29-23/h5-12,18,22H,13-16H2,1-4H3,(H,28,29)(H2,27,30,32)/t18?,22-/m1/s1. The third-order valence-corrected chi connectivity index (χ3v) is 5.82. The highest BCUT2D eigenvalue weighted by Crippen LogP contribution is 2.22. The predicted molar refractivity (Wildman–Crippen MR) is 133 cm³/mol. The first-order chi connectivity index (χ1) is 16.7. The van der Waals surface area contributed by atoms with Crippen molar-refractivity contribution in [2.45, 2.75) is 51.3 Å². The van der Waals surface area contributed by atoms with Gasteiger partial charge < -0.3 is 30.0 Å². The summed E-state index contributed by atoms with van der Waals surface area (Å²) in [4.78, 5) is 35.0. The summed E-state index contributed by atoms with van der Waals surface area (Å²) in [5, 5.41) is 6.07. The maximum absolute atomic E-state index is 13.0. The Bertz CT molecular complexity index is 1140. The van der Waals surface area contributed by atoms with Crippen molar-refractivity contribution < 1.29 is 19.1 Å². The van der Waals surface area contributed by atoms with Gasteiger partial charge in [0.25, 0.3) is 0 Å². The Hall–Kier alpha value is -3.75. The number of amides is 3. The van der Waals surface area contributed by atoms with E-state index in [0.717, 1.165) is 22.3 Å². The largest absolute Gasteiger partial charge is 0.497 e. The molecule has 1 saturated heterocycles. The molecule has 1 aromatic heterocycles. The van der Waals surface area contributed by atoms with E-state index in [1.165, 1.54) is 0 Å². The number of methoxy groups -OCH3 is 1. The van der Waals surface area contributed by atoms with E-state index < -0.39 is 5.60 Å². The quantitative estimate of drug-likeness (QED) is 0.492. The number of hydrogen-bond acceptors (Lipinski definition) is 5. The van der Waals surface area contributed by atoms with E-state index in [9.17, 15) is 9.59 Å². The second-order valence-electron chi connectivity index (χ2n) is 9.77. The van der Waals surface area contributed by atoms with E-state index in [1.54, 1.807) is 12.0 Å². The topological polar surface area (TPSA) is 109 Å². The third kappa shape index (κ3) is 6.44. The minimum Gasteiger partial charge on any atom is -0.497 e. The van der Waals surface area contributed by atoms with Gasteiger partial charge in [-0.3, -0.25) is 0 Å². The summed E-state index contributed by atoms with van der Waals surface area (Å²) in [6.07, 6.45) is 0.855. The first-order valence-electron chi connectivity index (χ1n) is 11.8. The zero-order valence-corrected chi connectivity index (χ0v) is 20.6. The lowest BCUT2D eigenvalue weighted by molar-refractivity contribution is 0.0291. The SMILES string of the molecule is COc1ccc(C[C@@H](NC(=O)NC2CCN(C(=O)OC(C)(C)C)C2)c2nc3ccccc3[nH]2)cc1. The van der Waals surface area contributed by atoms with Crippen molar-refractivity contribution in [2.24, 2.45) is 0 Å². The number of urea groups is 1. The average molecular weight is 480 g/mol. The van der Waals surface area contributed by atoms with Gasteiger partial charge in [0.1, 0.15) is 17.2 Å². The molecule has 1 unspecified atom stereocenters. The predicted octanol–water partition coefficient (Wildman–Crippen LogP) is 4.16. The number of H-pyrrole nitrogens is 1. The van der Waals surface area contributed by atoms with Gasteiger partial charge in [-0.2, -0.15) is 0 Å². The van der Waals surface area contributed by atoms with Crippen LogP contribution in [0.25, 0.3) is 11.0 Å². The molecular formula is C26H33N5O4. The second kappa shape index (κ2) is 10.2. The number of likely N-dealkylation sites (tertiary alicyclic amines) is 1. The van der Waals surface area contributed by atoms with Crippen LogP contribution in [0.4, 0.5) is 9.59 Å². The number of hydrogen-bond donors (Lipinski definition) is 3. The fourth-order valence-electron chi connectivity index (χ4n) is 4.11. The van der Waals surface area contributed by atoms with Crippen molar-refractivity contribution >= 4 is 23.2 Å². The molecule has 1 aliphatic rings. The van der Waals surface area contributed by atoms with Gasteiger partial charge in [0.05, 0.1) is 24.2 Å². The van der Waals surface area contributed by atoms with Crippen LogP contribution in [0.5, 0.6) is 5.75 Å². The summed E-state index contributed by atoms with van der Waals surface area (Å²) < 4.78 is 10.7. The average Bonchev–Trinajstić information content (AvgIpc) is 3.45. The highest BCUT2D eigenvalue weighted by molar-refractivity contribution is 5.77. The number of carbonyl (C=O) groups excluding carboxylic acids is 2. The van der Waals surface area contributed by atoms with Crippen LogP contribution in [0.2, 0.25) is 0 Å². The number of nitrogens with one attached hydrogen (secondary N) is 3. The lowest BCUT2D eigenvalue weighted by Crippen LogP contribution is -2.46. The summed E-state index contributed by atoms with van der Waals surface area (Å²) in [5.41, 5.74) is 2.23. The fraction of sp³-hybridized carbons (Fsp3) is 0.423. The van der Waals surface area contributed by atoms with Crippen LogP contribution in [-0.4, -0.2) is 58.8 Å². The number of aromatic amines is 1. The van der Waals surface area contributed by atoms with Crippen molar-refractivity contribution in [3.63, 3.8) is 0 Å². The van der Waals surface area contributed by atoms with Crippen LogP contribution < -0.4 is 15.4 Å². The van der Waals surface area contributed by atoms with Gasteiger partial charge in [0.15, 0.2) is 0 Å². The van der Waals surface area contributed by atoms with E-state index in [-0.39, 0.29) is 24.2 Å². The minimum absolute atomic E-state index is 0.153. The van der Waals surface area contributed by atoms with Gasteiger partial charge in [-0.15, -0.1) is 0 Å². The number of ether oxygens (including phenoxy) is 2. The molecule has 0 radical (unpaired) electrons. The van der Waals surface area contributed by atoms with Crippen LogP contribution >= 0.6 is 0 Å². The van der Waals surface area contributed by atoms with Crippen LogP contribution in [0, 0.1) is 0 Å². The zero-order chi connectivity index (χ0) is 25.0. The summed E-state index contributed by atoms with van der Waals surface area (Å²) in [7, 11) is 1.63. The normalized spacial score (nSPS) is 16.7. The van der Waals surface area contributed by atoms with Gasteiger partial charge >= 0.3 is 12.1 Å². The second-order valence-corrected chi connectivity index (χ2v) is 9.77. The molecule has 2 aromatic carbocycles. The molecule has 4 rings (SSSR count). The summed E-state index contributed by atoms with van der Waals surface area (Å²) >= 11 is 0. The van der Waals surface area contributed by atoms with E-state index >= 15 is 0 Å². The number of benzene rings is 2. The Labute approximate surface area is 205 Å². The first kappa shape index (κ1) is 24.4. The molecule has 9 nitrogen and oxygen atoms in total. The van der Waals surface area contributed by atoms with E-state index in [2.05, 4.69) is 15.6 Å². The van der Waals surface area contributed by atoms with Crippen molar-refractivity contribution in [2.75, 3.05) is 20.2 Å². The van der Waals surface area contributed by atoms with Crippen molar-refractivity contribution in [3.8, 4) is 5.75 Å². The third-order valence-electron chi connectivity index (χ3n) is 5.82. The van der Waals surface area contributed by atoms with Gasteiger partial charge in [0.2, 0.25) is 0 Å². The van der Waals surface area contributed by atoms with Gasteiger partial charge in [-0.1, -0.05) is 24.3 Å². The molecule has 1 fully saturated rings. The van der Waals surface area contributed by atoms with Crippen LogP contribution in [0.3, 0.4) is 0 Å². The van der Waals surface area contributed by atoms with Crippen LogP contribution in [0.1, 0.15) is 44.6 Å². The van der Waals surface area contributed by atoms with Crippen molar-refractivity contribution in [3.05, 3.63) is 59.9 Å². The maximum atomic E-state index is 13.0. The molecule has 9 heteroatoms. The molecule has 0 spiro atoms. The zero-order valence-electron chi connectivity index (χ0n) is 20.6. The van der Waals surface area contributed by atoms with Crippen LogP contribution in [-0.2, 0) is 11.2 Å². The van der Waals surface area contributed by atoms with E-state index in [0.29, 0.717) is 31.8 Å². The molecule has 0 aliphatic carbocycles. The molecule has 3 amide bonds. The smallest absolute Gasteiger partial charge is 0.410 e. The van der Waals surface area contributed by atoms with E-state index in [4.69, 9.17) is 14.5 Å². The Morgan fingerprint density at radius 2 is 1.91 bits per heavy atom. The minimum atomic E-state index is -0.554. The Morgan fingerprint density at radius 1 is 1.17 bits per heavy atom. The molecule has 186 valence electrons.